The number of aromatic amines is 1. The second kappa shape index (κ2) is 6.73. The molecule has 27 heavy (non-hydrogen) atoms. The number of likely N-dealkylation sites (N-methyl/N-ethyl adjacent to an activating group) is 1. The van der Waals surface area contributed by atoms with Gasteiger partial charge in [-0.2, -0.15) is 20.4 Å². The maximum absolute atomic E-state index is 5.54. The number of aryl methyl sites for hydroxylation is 1. The molecule has 0 bridgehead atoms. The zero-order valence-corrected chi connectivity index (χ0v) is 15.3. The lowest BCUT2D eigenvalue weighted by molar-refractivity contribution is 0.313. The average Bonchev–Trinajstić information content (AvgIpc) is 3.38. The average molecular weight is 366 g/mol. The highest BCUT2D eigenvalue weighted by molar-refractivity contribution is 5.54. The van der Waals surface area contributed by atoms with Crippen molar-refractivity contribution in [2.24, 2.45) is 0 Å². The summed E-state index contributed by atoms with van der Waals surface area (Å²) in [5, 5.41) is 15.3. The Morgan fingerprint density at radius 1 is 1.15 bits per heavy atom. The van der Waals surface area contributed by atoms with Gasteiger partial charge in [-0.25, -0.2) is 0 Å². The van der Waals surface area contributed by atoms with Gasteiger partial charge < -0.3 is 14.3 Å². The molecule has 1 fully saturated rings. The molecule has 3 aromatic rings. The number of nitrogens with one attached hydrogen (secondary N) is 1. The minimum absolute atomic E-state index is 0.0124. The maximum atomic E-state index is 5.54. The quantitative estimate of drug-likeness (QED) is 0.744. The monoisotopic (exact) mass is 366 g/mol. The van der Waals surface area contributed by atoms with E-state index in [1.165, 1.54) is 0 Å². The predicted molar refractivity (Wildman–Crippen MR) is 98.4 cm³/mol. The number of fused-ring (bicyclic) bond motifs is 1. The molecule has 0 aromatic carbocycles. The van der Waals surface area contributed by atoms with Crippen LogP contribution in [-0.2, 0) is 6.42 Å². The van der Waals surface area contributed by atoms with Crippen molar-refractivity contribution in [1.82, 2.24) is 35.4 Å². The van der Waals surface area contributed by atoms with E-state index < -0.39 is 0 Å². The Morgan fingerprint density at radius 2 is 2.04 bits per heavy atom. The maximum Gasteiger partial charge on any atom is 0.236 e. The van der Waals surface area contributed by atoms with Crippen LogP contribution in [0, 0.1) is 0 Å². The molecule has 1 atom stereocenters. The van der Waals surface area contributed by atoms with Gasteiger partial charge in [0.25, 0.3) is 0 Å². The third kappa shape index (κ3) is 3.08. The Balaban J connectivity index is 1.35. The topological polar surface area (TPSA) is 99.9 Å². The van der Waals surface area contributed by atoms with Crippen LogP contribution >= 0.6 is 0 Å². The first-order valence-corrected chi connectivity index (χ1v) is 9.41. The molecule has 1 saturated heterocycles. The molecule has 0 saturated carbocycles. The molecule has 5 rings (SSSR count). The van der Waals surface area contributed by atoms with E-state index in [1.54, 1.807) is 0 Å². The number of H-pyrrole nitrogens is 1. The number of piperazine rings is 1. The Kier molecular flexibility index (Phi) is 4.08. The minimum atomic E-state index is 0.0124. The lowest BCUT2D eigenvalue weighted by Crippen LogP contribution is -2.44. The van der Waals surface area contributed by atoms with Crippen molar-refractivity contribution in [3.63, 3.8) is 0 Å². The number of aromatic nitrogens is 6. The van der Waals surface area contributed by atoms with Crippen molar-refractivity contribution in [2.75, 3.05) is 38.1 Å². The Bertz CT molecular complexity index is 910. The van der Waals surface area contributed by atoms with Gasteiger partial charge in [0.1, 0.15) is 5.69 Å². The van der Waals surface area contributed by atoms with E-state index in [2.05, 4.69) is 53.4 Å². The Labute approximate surface area is 156 Å². The zero-order valence-electron chi connectivity index (χ0n) is 15.3. The van der Waals surface area contributed by atoms with Crippen LogP contribution in [0.2, 0.25) is 0 Å². The summed E-state index contributed by atoms with van der Waals surface area (Å²) in [4.78, 5) is 13.8. The molecule has 1 unspecified atom stereocenters. The van der Waals surface area contributed by atoms with Crippen LogP contribution in [0.15, 0.2) is 22.9 Å². The smallest absolute Gasteiger partial charge is 0.236 e. The summed E-state index contributed by atoms with van der Waals surface area (Å²) in [6.07, 6.45) is 4.82. The van der Waals surface area contributed by atoms with Gasteiger partial charge in [-0.15, -0.1) is 0 Å². The molecule has 1 N–H and O–H groups in total. The van der Waals surface area contributed by atoms with E-state index in [-0.39, 0.29) is 5.92 Å². The molecule has 3 aromatic heterocycles. The van der Waals surface area contributed by atoms with Crippen LogP contribution in [-0.4, -0.2) is 68.7 Å². The Morgan fingerprint density at radius 3 is 2.85 bits per heavy atom. The van der Waals surface area contributed by atoms with Crippen molar-refractivity contribution in [1.29, 1.82) is 0 Å². The number of hydrogen-bond donors (Lipinski definition) is 1. The van der Waals surface area contributed by atoms with E-state index in [1.807, 2.05) is 12.3 Å². The lowest BCUT2D eigenvalue weighted by atomic mass is 9.90. The van der Waals surface area contributed by atoms with Gasteiger partial charge in [0, 0.05) is 26.2 Å². The van der Waals surface area contributed by atoms with Crippen molar-refractivity contribution in [3.05, 3.63) is 35.6 Å². The van der Waals surface area contributed by atoms with E-state index in [9.17, 15) is 0 Å². The van der Waals surface area contributed by atoms with Crippen molar-refractivity contribution >= 4 is 5.69 Å². The molecule has 4 heterocycles. The third-order valence-corrected chi connectivity index (χ3v) is 5.47. The molecular formula is C18H22N8O. The summed E-state index contributed by atoms with van der Waals surface area (Å²) in [6, 6.07) is 4.05. The highest BCUT2D eigenvalue weighted by Crippen LogP contribution is 2.34. The largest absolute Gasteiger partial charge is 0.368 e. The fourth-order valence-electron chi connectivity index (χ4n) is 3.83. The van der Waals surface area contributed by atoms with Crippen LogP contribution in [0.3, 0.4) is 0 Å². The van der Waals surface area contributed by atoms with Crippen molar-refractivity contribution < 1.29 is 4.52 Å². The van der Waals surface area contributed by atoms with Crippen LogP contribution in [0.5, 0.6) is 0 Å². The predicted octanol–water partition coefficient (Wildman–Crippen LogP) is 1.47. The first kappa shape index (κ1) is 16.4. The van der Waals surface area contributed by atoms with Gasteiger partial charge in [-0.05, 0) is 38.4 Å². The van der Waals surface area contributed by atoms with Crippen molar-refractivity contribution in [2.45, 2.75) is 25.2 Å². The number of nitrogens with zero attached hydrogens (tertiary/aromatic N) is 7. The summed E-state index contributed by atoms with van der Waals surface area (Å²) in [5.74, 6) is 1.12. The van der Waals surface area contributed by atoms with Crippen LogP contribution < -0.4 is 4.90 Å². The highest BCUT2D eigenvalue weighted by Gasteiger charge is 2.30. The number of pyridine rings is 1. The zero-order chi connectivity index (χ0) is 18.2. The standard InChI is InChI=1S/C18H22N8O/c1-25-7-9-26(10-8-25)12-5-6-15(19-11-12)17-20-18(27-23-17)13-3-2-4-14-16(13)22-24-21-14/h5-6,11,13H,2-4,7-10H2,1H3,(H,21,22,24). The first-order valence-electron chi connectivity index (χ1n) is 9.41. The normalized spacial score (nSPS) is 20.6. The molecule has 1 aliphatic carbocycles. The van der Waals surface area contributed by atoms with Gasteiger partial charge in [-0.3, -0.25) is 4.98 Å². The molecule has 140 valence electrons. The second-order valence-electron chi connectivity index (χ2n) is 7.25. The summed E-state index contributed by atoms with van der Waals surface area (Å²) in [5.41, 5.74) is 3.78. The van der Waals surface area contributed by atoms with E-state index in [0.29, 0.717) is 11.7 Å². The second-order valence-corrected chi connectivity index (χ2v) is 7.25. The van der Waals surface area contributed by atoms with Crippen molar-refractivity contribution in [3.8, 4) is 11.5 Å². The van der Waals surface area contributed by atoms with Gasteiger partial charge in [-0.1, -0.05) is 5.16 Å². The van der Waals surface area contributed by atoms with E-state index in [0.717, 1.165) is 68.2 Å². The number of hydrogen-bond acceptors (Lipinski definition) is 8. The summed E-state index contributed by atoms with van der Waals surface area (Å²) >= 11 is 0. The van der Waals surface area contributed by atoms with Crippen LogP contribution in [0.25, 0.3) is 11.5 Å². The summed E-state index contributed by atoms with van der Waals surface area (Å²) < 4.78 is 5.54. The lowest BCUT2D eigenvalue weighted by Gasteiger charge is -2.33. The molecule has 0 amide bonds. The molecule has 1 aliphatic heterocycles. The van der Waals surface area contributed by atoms with Crippen LogP contribution in [0.4, 0.5) is 5.69 Å². The first-order chi connectivity index (χ1) is 13.3. The SMILES string of the molecule is CN1CCN(c2ccc(-c3noc(C4CCCc5n[nH]nc54)n3)nc2)CC1. The number of rotatable bonds is 3. The molecule has 9 nitrogen and oxygen atoms in total. The van der Waals surface area contributed by atoms with Gasteiger partial charge in [0.2, 0.25) is 11.7 Å². The molecule has 0 spiro atoms. The molecule has 9 heteroatoms. The molecule has 2 aliphatic rings. The number of anilines is 1. The highest BCUT2D eigenvalue weighted by atomic mass is 16.5. The summed E-state index contributed by atoms with van der Waals surface area (Å²) in [6.45, 7) is 4.18. The Hall–Kier alpha value is -2.81. The molecular weight excluding hydrogens is 344 g/mol. The fraction of sp³-hybridized carbons (Fsp3) is 0.500. The summed E-state index contributed by atoms with van der Waals surface area (Å²) in [7, 11) is 2.15. The van der Waals surface area contributed by atoms with E-state index in [4.69, 9.17) is 4.52 Å². The fourth-order valence-corrected chi connectivity index (χ4v) is 3.83. The molecule has 0 radical (unpaired) electrons. The van der Waals surface area contributed by atoms with Gasteiger partial charge >= 0.3 is 0 Å². The minimum Gasteiger partial charge on any atom is -0.368 e. The van der Waals surface area contributed by atoms with Gasteiger partial charge in [0.05, 0.1) is 29.2 Å². The van der Waals surface area contributed by atoms with E-state index >= 15 is 0 Å². The van der Waals surface area contributed by atoms with Gasteiger partial charge in [0.15, 0.2) is 0 Å². The third-order valence-electron chi connectivity index (χ3n) is 5.47. The van der Waals surface area contributed by atoms with Crippen LogP contribution in [0.1, 0.15) is 36.0 Å².